The van der Waals surface area contributed by atoms with Crippen molar-refractivity contribution in [1.29, 1.82) is 0 Å². The topological polar surface area (TPSA) is 98.9 Å². The zero-order valence-corrected chi connectivity index (χ0v) is 14.7. The largest absolute Gasteiger partial charge is 0.497 e. The molecule has 0 spiro atoms. The van der Waals surface area contributed by atoms with Crippen LogP contribution in [0.25, 0.3) is 11.2 Å². The highest BCUT2D eigenvalue weighted by Crippen LogP contribution is 2.34. The van der Waals surface area contributed by atoms with Crippen molar-refractivity contribution in [2.24, 2.45) is 0 Å². The molecule has 0 saturated heterocycles. The highest BCUT2D eigenvalue weighted by Gasteiger charge is 2.14. The fourth-order valence-electron chi connectivity index (χ4n) is 2.21. The van der Waals surface area contributed by atoms with Crippen LogP contribution in [-0.4, -0.2) is 34.2 Å². The lowest BCUT2D eigenvalue weighted by atomic mass is 10.1. The number of nitrogen functional groups attached to an aromatic ring is 1. The zero-order valence-electron chi connectivity index (χ0n) is 12.4. The molecule has 3 aromatic rings. The molecule has 0 atom stereocenters. The van der Waals surface area contributed by atoms with Gasteiger partial charge in [-0.2, -0.15) is 9.97 Å². The normalized spacial score (nSPS) is 11.0. The molecule has 3 rings (SSSR count). The number of H-pyrrole nitrogens is 1. The van der Waals surface area contributed by atoms with Crippen molar-refractivity contribution in [2.45, 2.75) is 6.42 Å². The molecule has 0 saturated carbocycles. The molecule has 0 unspecified atom stereocenters. The van der Waals surface area contributed by atoms with Crippen LogP contribution in [0.5, 0.6) is 11.5 Å². The summed E-state index contributed by atoms with van der Waals surface area (Å²) < 4.78 is 11.5. The maximum atomic E-state index is 6.05. The maximum absolute atomic E-state index is 6.05. The number of rotatable bonds is 4. The van der Waals surface area contributed by atoms with E-state index in [9.17, 15) is 0 Å². The van der Waals surface area contributed by atoms with Gasteiger partial charge in [-0.15, -0.1) is 0 Å². The van der Waals surface area contributed by atoms with E-state index in [1.54, 1.807) is 20.3 Å². The minimum Gasteiger partial charge on any atom is -0.497 e. The van der Waals surface area contributed by atoms with Crippen molar-refractivity contribution in [3.05, 3.63) is 33.1 Å². The van der Waals surface area contributed by atoms with E-state index in [1.807, 2.05) is 6.07 Å². The van der Waals surface area contributed by atoms with E-state index in [-0.39, 0.29) is 11.1 Å². The van der Waals surface area contributed by atoms with Crippen LogP contribution in [0, 0.1) is 0 Å². The van der Waals surface area contributed by atoms with Gasteiger partial charge in [0.15, 0.2) is 10.8 Å². The first-order chi connectivity index (χ1) is 11.0. The molecule has 0 fully saturated rings. The third-order valence-corrected chi connectivity index (χ3v) is 4.45. The molecule has 9 heteroatoms. The van der Waals surface area contributed by atoms with E-state index in [2.05, 4.69) is 35.9 Å². The van der Waals surface area contributed by atoms with Crippen LogP contribution in [0.1, 0.15) is 11.4 Å². The number of halogens is 2. The number of fused-ring (bicyclic) bond motifs is 1. The number of hydrogen-bond donors (Lipinski definition) is 2. The molecule has 0 bridgehead atoms. The number of nitrogens with two attached hydrogens (primary N) is 1. The van der Waals surface area contributed by atoms with Gasteiger partial charge in [0.05, 0.1) is 18.7 Å². The van der Waals surface area contributed by atoms with E-state index >= 15 is 0 Å². The number of aromatic amines is 1. The van der Waals surface area contributed by atoms with Crippen LogP contribution < -0.4 is 15.2 Å². The maximum Gasteiger partial charge on any atom is 0.223 e. The van der Waals surface area contributed by atoms with Gasteiger partial charge >= 0.3 is 0 Å². The third-order valence-electron chi connectivity index (χ3n) is 3.27. The number of methoxy groups -OCH3 is 2. The van der Waals surface area contributed by atoms with Crippen molar-refractivity contribution in [3.8, 4) is 11.5 Å². The summed E-state index contributed by atoms with van der Waals surface area (Å²) >= 11 is 9.59. The van der Waals surface area contributed by atoms with Crippen LogP contribution in [0.3, 0.4) is 0 Å². The molecule has 2 heterocycles. The Labute approximate surface area is 145 Å². The lowest BCUT2D eigenvalue weighted by Gasteiger charge is -2.11. The summed E-state index contributed by atoms with van der Waals surface area (Å²) in [6.45, 7) is 0. The Hall–Kier alpha value is -2.06. The molecule has 7 nitrogen and oxygen atoms in total. The van der Waals surface area contributed by atoms with Gasteiger partial charge in [-0.25, -0.2) is 4.98 Å². The number of ether oxygens (including phenoxy) is 2. The van der Waals surface area contributed by atoms with Gasteiger partial charge in [-0.1, -0.05) is 11.6 Å². The smallest absolute Gasteiger partial charge is 0.223 e. The van der Waals surface area contributed by atoms with Crippen molar-refractivity contribution in [2.75, 3.05) is 20.0 Å². The van der Waals surface area contributed by atoms with Crippen LogP contribution in [0.15, 0.2) is 16.6 Å². The molecule has 0 aliphatic heterocycles. The van der Waals surface area contributed by atoms with Crippen molar-refractivity contribution >= 4 is 44.6 Å². The van der Waals surface area contributed by atoms with E-state index in [0.29, 0.717) is 34.9 Å². The highest BCUT2D eigenvalue weighted by molar-refractivity contribution is 9.10. The molecule has 0 aliphatic carbocycles. The fraction of sp³-hybridized carbons (Fsp3) is 0.214. The summed E-state index contributed by atoms with van der Waals surface area (Å²) in [5, 5.41) is 0.244. The summed E-state index contributed by atoms with van der Waals surface area (Å²) in [5.74, 6) is 2.14. The average Bonchev–Trinajstić information content (AvgIpc) is 2.92. The second-order valence-corrected chi connectivity index (χ2v) is 5.89. The minimum atomic E-state index is 0.0878. The van der Waals surface area contributed by atoms with E-state index < -0.39 is 0 Å². The second-order valence-electron chi connectivity index (χ2n) is 4.73. The highest BCUT2D eigenvalue weighted by atomic mass is 79.9. The number of anilines is 1. The van der Waals surface area contributed by atoms with Crippen molar-refractivity contribution < 1.29 is 9.47 Å². The van der Waals surface area contributed by atoms with Gasteiger partial charge in [-0.3, -0.25) is 0 Å². The van der Waals surface area contributed by atoms with E-state index in [1.165, 1.54) is 0 Å². The van der Waals surface area contributed by atoms with Gasteiger partial charge in [-0.05, 0) is 27.6 Å². The zero-order chi connectivity index (χ0) is 16.6. The molecule has 1 aromatic carbocycles. The predicted molar refractivity (Wildman–Crippen MR) is 91.2 cm³/mol. The Morgan fingerprint density at radius 3 is 2.70 bits per heavy atom. The summed E-state index contributed by atoms with van der Waals surface area (Å²) in [6.07, 6.45) is 0.501. The SMILES string of the molecule is COc1cc(Cc2nc3nc(N)nc(Cl)c3[nH]2)c(Br)c(OC)c1. The van der Waals surface area contributed by atoms with E-state index in [0.717, 1.165) is 10.0 Å². The lowest BCUT2D eigenvalue weighted by molar-refractivity contribution is 0.391. The molecule has 0 aliphatic rings. The molecule has 0 amide bonds. The molecule has 0 radical (unpaired) electrons. The molecular weight excluding hydrogens is 386 g/mol. The van der Waals surface area contributed by atoms with Crippen molar-refractivity contribution in [3.63, 3.8) is 0 Å². The monoisotopic (exact) mass is 397 g/mol. The first-order valence-corrected chi connectivity index (χ1v) is 7.77. The number of benzene rings is 1. The van der Waals surface area contributed by atoms with Crippen molar-refractivity contribution in [1.82, 2.24) is 19.9 Å². The Kier molecular flexibility index (Phi) is 4.27. The predicted octanol–water partition coefficient (Wildman–Crippen LogP) is 2.96. The molecular formula is C14H13BrClN5O2. The third kappa shape index (κ3) is 3.04. The molecule has 3 N–H and O–H groups in total. The molecule has 2 aromatic heterocycles. The van der Waals surface area contributed by atoms with Gasteiger partial charge in [0.2, 0.25) is 5.95 Å². The van der Waals surface area contributed by atoms with Gasteiger partial charge < -0.3 is 20.2 Å². The second kappa shape index (κ2) is 6.21. The van der Waals surface area contributed by atoms with Crippen LogP contribution in [0.2, 0.25) is 5.15 Å². The van der Waals surface area contributed by atoms with Gasteiger partial charge in [0.25, 0.3) is 0 Å². The summed E-state index contributed by atoms with van der Waals surface area (Å²) in [6, 6.07) is 3.71. The lowest BCUT2D eigenvalue weighted by Crippen LogP contribution is -1.96. The quantitative estimate of drug-likeness (QED) is 0.656. The Balaban J connectivity index is 2.03. The van der Waals surface area contributed by atoms with Gasteiger partial charge in [0, 0.05) is 12.5 Å². The number of aromatic nitrogens is 4. The summed E-state index contributed by atoms with van der Waals surface area (Å²) in [7, 11) is 3.20. The van der Waals surface area contributed by atoms with Gasteiger partial charge in [0.1, 0.15) is 22.8 Å². The van der Waals surface area contributed by atoms with Crippen LogP contribution >= 0.6 is 27.5 Å². The van der Waals surface area contributed by atoms with E-state index in [4.69, 9.17) is 26.8 Å². The first-order valence-electron chi connectivity index (χ1n) is 6.59. The number of nitrogens with zero attached hydrogens (tertiary/aromatic N) is 3. The number of imidazole rings is 1. The van der Waals surface area contributed by atoms with Crippen LogP contribution in [-0.2, 0) is 6.42 Å². The molecule has 23 heavy (non-hydrogen) atoms. The number of nitrogens with one attached hydrogen (secondary N) is 1. The Bertz CT molecular complexity index is 883. The average molecular weight is 399 g/mol. The summed E-state index contributed by atoms with van der Waals surface area (Å²) in [4.78, 5) is 15.5. The Morgan fingerprint density at radius 1 is 1.22 bits per heavy atom. The minimum absolute atomic E-state index is 0.0878. The fourth-order valence-corrected chi connectivity index (χ4v) is 2.96. The summed E-state index contributed by atoms with van der Waals surface area (Å²) in [5.41, 5.74) is 7.52. The number of hydrogen-bond acceptors (Lipinski definition) is 6. The molecule has 120 valence electrons. The Morgan fingerprint density at radius 2 is 2.00 bits per heavy atom. The first kappa shape index (κ1) is 15.8. The van der Waals surface area contributed by atoms with Crippen LogP contribution in [0.4, 0.5) is 5.95 Å². The standard InChI is InChI=1S/C14H13BrClN5O2/c1-22-7-3-6(10(15)8(5-7)23-2)4-9-18-11-12(16)20-14(17)21-13(11)19-9/h3,5H,4H2,1-2H3,(H3,17,18,19,20,21).